The zero-order chi connectivity index (χ0) is 91.0. The molecule has 8 amide bonds. The molecule has 2 aromatic heterocycles. The summed E-state index contributed by atoms with van der Waals surface area (Å²) in [6, 6.07) is 41.5. The third-order valence-corrected chi connectivity index (χ3v) is 25.1. The summed E-state index contributed by atoms with van der Waals surface area (Å²) in [5.74, 6) is -3.15. The number of nitrogens with one attached hydrogen (secondary N) is 3. The Kier molecular flexibility index (Phi) is 26.4. The van der Waals surface area contributed by atoms with E-state index in [9.17, 15) is 9.59 Å². The van der Waals surface area contributed by atoms with Gasteiger partial charge in [-0.3, -0.25) is 67.9 Å². The van der Waals surface area contributed by atoms with Gasteiger partial charge in [-0.15, -0.1) is 0 Å². The summed E-state index contributed by atoms with van der Waals surface area (Å²) in [7, 11) is 0. The van der Waals surface area contributed by atoms with E-state index < -0.39 is 59.3 Å². The van der Waals surface area contributed by atoms with Gasteiger partial charge in [0.05, 0.1) is 32.3 Å². The predicted octanol–water partition coefficient (Wildman–Crippen LogP) is 18.1. The van der Waals surface area contributed by atoms with Crippen LogP contribution in [0.1, 0.15) is 177 Å². The first-order valence-corrected chi connectivity index (χ1v) is 44.8. The van der Waals surface area contributed by atoms with E-state index in [2.05, 4.69) is 132 Å². The number of halogens is 2. The first-order chi connectivity index (χ1) is 61.0. The lowest BCUT2D eigenvalue weighted by Crippen LogP contribution is -2.59. The Morgan fingerprint density at radius 2 is 0.695 bits per heavy atom. The first kappa shape index (κ1) is 90.7. The molecule has 664 valence electrons. The molecule has 11 aromatic rings. The fraction of sp³-hybridized carbons (Fsp3) is 0.359. The minimum Gasteiger partial charge on any atom is -0.457 e. The van der Waals surface area contributed by atoms with Crippen molar-refractivity contribution in [2.45, 2.75) is 149 Å². The van der Waals surface area contributed by atoms with Gasteiger partial charge in [-0.25, -0.2) is 0 Å². The van der Waals surface area contributed by atoms with Crippen LogP contribution in [0, 0.1) is 0 Å². The summed E-state index contributed by atoms with van der Waals surface area (Å²) < 4.78 is 30.0. The van der Waals surface area contributed by atoms with Gasteiger partial charge in [0.2, 0.25) is 11.8 Å². The molecule has 15 rings (SSSR count). The number of fused-ring (bicyclic) bond motifs is 2. The van der Waals surface area contributed by atoms with E-state index in [0.717, 1.165) is 57.9 Å². The molecule has 4 aliphatic heterocycles. The molecule has 4 aliphatic rings. The number of pyridine rings is 2. The van der Waals surface area contributed by atoms with Crippen molar-refractivity contribution >= 4 is 114 Å². The van der Waals surface area contributed by atoms with Crippen LogP contribution < -0.4 is 34.9 Å². The smallest absolute Gasteiger partial charge is 0.262 e. The van der Waals surface area contributed by atoms with Crippen LogP contribution >= 0.6 is 23.2 Å². The normalized spacial score (nSPS) is 15.3. The summed E-state index contributed by atoms with van der Waals surface area (Å²) in [5.41, 5.74) is 4.05. The highest BCUT2D eigenvalue weighted by Gasteiger charge is 2.48. The van der Waals surface area contributed by atoms with E-state index in [1.165, 1.54) is 0 Å². The maximum absolute atomic E-state index is 17.1. The van der Waals surface area contributed by atoms with Crippen molar-refractivity contribution in [1.29, 1.82) is 0 Å². The number of amides is 8. The molecule has 0 spiro atoms. The van der Waals surface area contributed by atoms with Gasteiger partial charge in [-0.05, 0) is 159 Å². The second-order valence-corrected chi connectivity index (χ2v) is 38.7. The highest BCUT2D eigenvalue weighted by molar-refractivity contribution is 6.45. The Morgan fingerprint density at radius 3 is 0.992 bits per heavy atom. The van der Waals surface area contributed by atoms with Crippen LogP contribution in [0.15, 0.2) is 194 Å². The van der Waals surface area contributed by atoms with Crippen LogP contribution in [0.3, 0.4) is 0 Å². The van der Waals surface area contributed by atoms with Crippen molar-refractivity contribution in [2.75, 3.05) is 91.6 Å². The number of carbonyl (C=O) groups is 8. The summed E-state index contributed by atoms with van der Waals surface area (Å²) in [6.07, 6.45) is 8.70. The van der Waals surface area contributed by atoms with E-state index >= 15 is 28.8 Å². The van der Waals surface area contributed by atoms with Gasteiger partial charge in [-0.1, -0.05) is 187 Å². The van der Waals surface area contributed by atoms with E-state index in [1.807, 2.05) is 109 Å². The second-order valence-electron chi connectivity index (χ2n) is 37.8. The van der Waals surface area contributed by atoms with Crippen LogP contribution in [-0.4, -0.2) is 190 Å². The number of nitrogens with zero attached hydrogens (tertiary/aromatic N) is 8. The number of piperazine rings is 2. The third-order valence-electron chi connectivity index (χ3n) is 24.7. The zero-order valence-electron chi connectivity index (χ0n) is 74.9. The van der Waals surface area contributed by atoms with Crippen molar-refractivity contribution in [1.82, 2.24) is 55.3 Å². The van der Waals surface area contributed by atoms with Crippen LogP contribution in [0.25, 0.3) is 43.1 Å². The molecule has 0 aliphatic carbocycles. The average molecular weight is 1770 g/mol. The molecule has 6 heterocycles. The van der Waals surface area contributed by atoms with Crippen molar-refractivity contribution in [2.24, 2.45) is 0 Å². The molecular weight excluding hydrogens is 1650 g/mol. The van der Waals surface area contributed by atoms with Crippen LogP contribution in [0.5, 0.6) is 46.0 Å². The predicted molar refractivity (Wildman–Crippen MR) is 502 cm³/mol. The highest BCUT2D eigenvalue weighted by atomic mass is 35.5. The molecule has 2 fully saturated rings. The largest absolute Gasteiger partial charge is 0.457 e. The maximum atomic E-state index is 17.1. The maximum Gasteiger partial charge on any atom is 0.262 e. The summed E-state index contributed by atoms with van der Waals surface area (Å²) in [5, 5.41) is 10.8. The highest BCUT2D eigenvalue weighted by Crippen LogP contribution is 2.59. The Bertz CT molecular complexity index is 5490. The number of rotatable bonds is 30. The number of hydrogen-bond acceptors (Lipinski definition) is 17. The number of carbonyl (C=O) groups excluding carboxylic acids is 8. The van der Waals surface area contributed by atoms with Crippen LogP contribution in [0.2, 0.25) is 0 Å². The topological polar surface area (TPSA) is 255 Å². The SMILES string of the molecule is C=C(Cl)C(=O)NCCCCCN1CCN(C(=O)C(Cc2cccnc2)N2C(=O)c3cc(Oc4ccc(C(C)(C)C)cc4)c4c5c(Oc6ccc(C(C)(C)C)cc6)cc6c7c(cc(Oc8ccc(C(C)(C)C)cc8)c(c8c(Oc9ccc(C(C)(C)C)cc9)cc(c3c48)C2=O)c75)C(=O)N(C(Cc2cccnc2)C(=O)N2CCN(CCNCCNC(=O)C(=C)Cl)CC2)C6=O)CC1. The molecule has 0 saturated carbocycles. The second kappa shape index (κ2) is 37.3. The van der Waals surface area contributed by atoms with Crippen LogP contribution in [0.4, 0.5) is 0 Å². The number of aromatic nitrogens is 2. The molecule has 3 N–H and O–H groups in total. The molecule has 2 saturated heterocycles. The quantitative estimate of drug-likeness (QED) is 0.0124. The first-order valence-electron chi connectivity index (χ1n) is 44.0. The fourth-order valence-corrected chi connectivity index (χ4v) is 17.7. The standard InChI is InChI=1S/C103H111Cl2N11O12/c1-62(104)92(117)109-40-16-15-17-44-111-46-50-113(51-47-111)98(123)78(54-64-20-18-38-107-60-64)115-94(119)74-56-80(125-70-30-22-66(23-31-70)100(3,4)5)86-88-82(127-72-34-26-68(27-35-72)102(9,10)11)58-76-85-77(97(122)116(96(76)121)79(55-65-21-19-39-108-61-65)99(124)114-52-48-112(49-53-114)45-43-106-41-42-110-93(118)63(2)105)59-83(128-73-36-28-69(29-37-73)103(12,13)14)89(91(85)88)87-81(57-75(95(115)120)84(74)90(86)87)126-71-32-24-67(25-33-71)101(6,7)8/h18-39,56-61,78-79,106H,1-2,15-17,40-55H2,3-14H3,(H,109,117)(H,110,118). The minimum absolute atomic E-state index is 0.00560. The van der Waals surface area contributed by atoms with Gasteiger partial charge in [0, 0.05) is 166 Å². The molecule has 23 nitrogen and oxygen atoms in total. The number of ether oxygens (including phenoxy) is 4. The monoisotopic (exact) mass is 1760 g/mol. The molecule has 25 heteroatoms. The van der Waals surface area contributed by atoms with Crippen LogP contribution in [-0.2, 0) is 53.7 Å². The lowest BCUT2D eigenvalue weighted by atomic mass is 9.80. The Hall–Kier alpha value is -12.1. The van der Waals surface area contributed by atoms with Gasteiger partial charge in [-0.2, -0.15) is 0 Å². The Morgan fingerprint density at radius 1 is 0.383 bits per heavy atom. The number of imide groups is 2. The third kappa shape index (κ3) is 19.3. The lowest BCUT2D eigenvalue weighted by Gasteiger charge is -2.40. The van der Waals surface area contributed by atoms with Gasteiger partial charge >= 0.3 is 0 Å². The van der Waals surface area contributed by atoms with Crippen molar-refractivity contribution in [3.8, 4) is 46.0 Å². The zero-order valence-corrected chi connectivity index (χ0v) is 76.4. The van der Waals surface area contributed by atoms with Gasteiger partial charge in [0.25, 0.3) is 35.4 Å². The molecule has 0 bridgehead atoms. The fourth-order valence-electron chi connectivity index (χ4n) is 17.6. The molecule has 9 aromatic carbocycles. The average Bonchev–Trinajstić information content (AvgIpc) is 0.668. The van der Waals surface area contributed by atoms with E-state index in [4.69, 9.17) is 42.1 Å². The number of hydrogen-bond donors (Lipinski definition) is 3. The van der Waals surface area contributed by atoms with Gasteiger partial charge in [0.1, 0.15) is 58.1 Å². The van der Waals surface area contributed by atoms with E-state index in [0.29, 0.717) is 106 Å². The molecule has 2 unspecified atom stereocenters. The Balaban J connectivity index is 0.970. The van der Waals surface area contributed by atoms with Gasteiger partial charge < -0.3 is 44.7 Å². The number of unbranched alkanes of at least 4 members (excludes halogenated alkanes) is 2. The van der Waals surface area contributed by atoms with Gasteiger partial charge in [0.15, 0.2) is 0 Å². The summed E-state index contributed by atoms with van der Waals surface area (Å²) >= 11 is 11.6. The van der Waals surface area contributed by atoms with Crippen molar-refractivity contribution in [3.63, 3.8) is 0 Å². The van der Waals surface area contributed by atoms with E-state index in [1.54, 1.807) is 71.0 Å². The Labute approximate surface area is 757 Å². The summed E-state index contributed by atoms with van der Waals surface area (Å²) in [4.78, 5) is 144. The molecule has 2 atom stereocenters. The van der Waals surface area contributed by atoms with E-state index in [-0.39, 0.29) is 146 Å². The summed E-state index contributed by atoms with van der Waals surface area (Å²) in [6.45, 7) is 38.7. The lowest BCUT2D eigenvalue weighted by molar-refractivity contribution is -0.137. The van der Waals surface area contributed by atoms with Crippen molar-refractivity contribution in [3.05, 3.63) is 249 Å². The molecule has 0 radical (unpaired) electrons. The molecule has 128 heavy (non-hydrogen) atoms. The number of benzene rings is 9. The van der Waals surface area contributed by atoms with Crippen molar-refractivity contribution < 1.29 is 57.3 Å². The molecular formula is C103H111Cl2N11O12. The minimum atomic E-state index is -1.44.